The van der Waals surface area contributed by atoms with E-state index in [1.54, 1.807) is 38.1 Å². The molecule has 0 aliphatic heterocycles. The fraction of sp³-hybridized carbons (Fsp3) is 0.525. The molecule has 0 spiro atoms. The summed E-state index contributed by atoms with van der Waals surface area (Å²) in [7, 11) is 0. The van der Waals surface area contributed by atoms with Gasteiger partial charge in [0.2, 0.25) is 41.1 Å². The Kier molecular flexibility index (Phi) is 19.1. The first-order valence-electron chi connectivity index (χ1n) is 18.4. The Labute approximate surface area is 313 Å². The van der Waals surface area contributed by atoms with E-state index in [1.165, 1.54) is 26.3 Å². The molecule has 0 aliphatic rings. The predicted octanol–water partition coefficient (Wildman–Crippen LogP) is 2.17. The molecule has 0 fully saturated rings. The van der Waals surface area contributed by atoms with Crippen molar-refractivity contribution in [2.45, 2.75) is 111 Å². The third-order valence-electron chi connectivity index (χ3n) is 8.54. The Morgan fingerprint density at radius 3 is 1.72 bits per heavy atom. The maximum atomic E-state index is 13.9. The van der Waals surface area contributed by atoms with Crippen LogP contribution in [0.5, 0.6) is 0 Å². The summed E-state index contributed by atoms with van der Waals surface area (Å²) in [6, 6.07) is 13.8. The van der Waals surface area contributed by atoms with Crippen LogP contribution in [-0.2, 0) is 46.4 Å². The summed E-state index contributed by atoms with van der Waals surface area (Å²) in [4.78, 5) is 90.7. The van der Waals surface area contributed by atoms with Gasteiger partial charge in [-0.1, -0.05) is 88.4 Å². The van der Waals surface area contributed by atoms with Gasteiger partial charge in [0, 0.05) is 13.3 Å². The first kappa shape index (κ1) is 44.3. The third-order valence-corrected chi connectivity index (χ3v) is 8.54. The molecule has 0 saturated carbocycles. The van der Waals surface area contributed by atoms with Gasteiger partial charge in [0.25, 0.3) is 0 Å². The number of rotatable bonds is 23. The molecule has 2 aromatic carbocycles. The summed E-state index contributed by atoms with van der Waals surface area (Å²) >= 11 is 0. The zero-order valence-corrected chi connectivity index (χ0v) is 32.1. The molecule has 5 atom stereocenters. The molecule has 0 saturated heterocycles. The maximum absolute atomic E-state index is 13.9. The van der Waals surface area contributed by atoms with Crippen LogP contribution in [0.1, 0.15) is 78.9 Å². The highest BCUT2D eigenvalue weighted by atomic mass is 16.2. The Balaban J connectivity index is 2.08. The highest BCUT2D eigenvalue weighted by Crippen LogP contribution is 2.11. The van der Waals surface area contributed by atoms with Crippen molar-refractivity contribution >= 4 is 41.1 Å². The number of hydrogen-bond donors (Lipinski definition) is 6. The highest BCUT2D eigenvalue weighted by Gasteiger charge is 2.33. The predicted molar refractivity (Wildman–Crippen MR) is 203 cm³/mol. The van der Waals surface area contributed by atoms with E-state index in [9.17, 15) is 33.6 Å². The average Bonchev–Trinajstić information content (AvgIpc) is 3.10. The molecule has 0 bridgehead atoms. The molecule has 5 amide bonds. The Bertz CT molecular complexity index is 1520. The number of carbonyl (C=O) groups excluding carboxylic acids is 7. The van der Waals surface area contributed by atoms with Crippen molar-refractivity contribution in [3.8, 4) is 0 Å². The molecular formula is C40H58N6O7. The standard InChI is InChI=1S/C40H58N6O7/c1-25(2)22-32(38(51)43-27(5)36(49)34(48)24-41-21-15-14-18-30-16-10-8-11-17-30)44-39(52)33(23-31-19-12-9-13-20-31)45-40(53)35(26(3)4)46-37(50)28(6)42-29(7)47/h8-13,16-17,19-20,25-28,32-33,35,41H,14-15,18,21-24H2,1-7H3,(H,42,47)(H,43,51)(H,44,52)(H,45,53)(H,46,50)/t27-,28-,32-,33-,35-/m0/s1. The molecule has 0 unspecified atom stereocenters. The number of benzene rings is 2. The zero-order valence-electron chi connectivity index (χ0n) is 32.1. The van der Waals surface area contributed by atoms with Gasteiger partial charge in [0.05, 0.1) is 12.6 Å². The van der Waals surface area contributed by atoms with Crippen LogP contribution in [0, 0.1) is 11.8 Å². The van der Waals surface area contributed by atoms with E-state index >= 15 is 0 Å². The van der Waals surface area contributed by atoms with Gasteiger partial charge in [-0.25, -0.2) is 0 Å². The molecule has 0 radical (unpaired) electrons. The fourth-order valence-electron chi connectivity index (χ4n) is 5.61. The van der Waals surface area contributed by atoms with Gasteiger partial charge in [0.1, 0.15) is 24.2 Å². The van der Waals surface area contributed by atoms with Crippen molar-refractivity contribution < 1.29 is 33.6 Å². The van der Waals surface area contributed by atoms with E-state index in [0.29, 0.717) is 6.54 Å². The summed E-state index contributed by atoms with van der Waals surface area (Å²) in [5.74, 6) is -4.70. The largest absolute Gasteiger partial charge is 0.345 e. The lowest BCUT2D eigenvalue weighted by atomic mass is 9.99. The number of hydrogen-bond acceptors (Lipinski definition) is 8. The van der Waals surface area contributed by atoms with E-state index in [1.807, 2.05) is 38.1 Å². The van der Waals surface area contributed by atoms with Crippen molar-refractivity contribution in [3.63, 3.8) is 0 Å². The molecule has 0 heterocycles. The molecule has 2 rings (SSSR count). The van der Waals surface area contributed by atoms with Gasteiger partial charge in [-0.2, -0.15) is 0 Å². The number of carbonyl (C=O) groups is 7. The van der Waals surface area contributed by atoms with Crippen molar-refractivity contribution in [3.05, 3.63) is 71.8 Å². The Hall–Kier alpha value is -4.91. The van der Waals surface area contributed by atoms with Crippen molar-refractivity contribution in [1.29, 1.82) is 0 Å². The van der Waals surface area contributed by atoms with E-state index in [0.717, 1.165) is 24.8 Å². The van der Waals surface area contributed by atoms with E-state index < -0.39 is 71.3 Å². The monoisotopic (exact) mass is 734 g/mol. The zero-order chi connectivity index (χ0) is 39.5. The number of unbranched alkanes of at least 4 members (excludes halogenated alkanes) is 1. The molecule has 13 heteroatoms. The number of amides is 5. The molecule has 290 valence electrons. The second-order valence-electron chi connectivity index (χ2n) is 14.2. The minimum absolute atomic E-state index is 0.0434. The fourth-order valence-corrected chi connectivity index (χ4v) is 5.61. The van der Waals surface area contributed by atoms with Crippen LogP contribution in [-0.4, -0.2) is 84.4 Å². The smallest absolute Gasteiger partial charge is 0.243 e. The van der Waals surface area contributed by atoms with Crippen LogP contribution < -0.4 is 31.9 Å². The van der Waals surface area contributed by atoms with Crippen LogP contribution in [0.3, 0.4) is 0 Å². The van der Waals surface area contributed by atoms with Crippen LogP contribution >= 0.6 is 0 Å². The van der Waals surface area contributed by atoms with Gasteiger partial charge >= 0.3 is 0 Å². The van der Waals surface area contributed by atoms with E-state index in [2.05, 4.69) is 44.0 Å². The molecule has 53 heavy (non-hydrogen) atoms. The van der Waals surface area contributed by atoms with Gasteiger partial charge in [-0.15, -0.1) is 0 Å². The minimum atomic E-state index is -1.14. The summed E-state index contributed by atoms with van der Waals surface area (Å²) in [6.45, 7) is 11.8. The van der Waals surface area contributed by atoms with Gasteiger partial charge in [-0.3, -0.25) is 33.6 Å². The summed E-state index contributed by atoms with van der Waals surface area (Å²) in [6.07, 6.45) is 2.98. The molecule has 2 aromatic rings. The van der Waals surface area contributed by atoms with Gasteiger partial charge in [-0.05, 0) is 69.0 Å². The minimum Gasteiger partial charge on any atom is -0.345 e. The molecule has 6 N–H and O–H groups in total. The first-order chi connectivity index (χ1) is 25.1. The molecule has 13 nitrogen and oxygen atoms in total. The van der Waals surface area contributed by atoms with Crippen LogP contribution in [0.25, 0.3) is 0 Å². The third kappa shape index (κ3) is 16.5. The number of Topliss-reactive ketones (excluding diaryl/α,β-unsaturated/α-hetero) is 2. The maximum Gasteiger partial charge on any atom is 0.243 e. The Morgan fingerprint density at radius 1 is 0.585 bits per heavy atom. The SMILES string of the molecule is CC(=O)N[C@@H](C)C(=O)N[C@H](C(=O)N[C@@H](Cc1ccccc1)C(=O)N[C@@H](CC(C)C)C(=O)N[C@@H](C)C(=O)C(=O)CNCCCCc1ccccc1)C(C)C. The lowest BCUT2D eigenvalue weighted by Crippen LogP contribution is -2.60. The summed E-state index contributed by atoms with van der Waals surface area (Å²) in [5, 5.41) is 16.2. The van der Waals surface area contributed by atoms with Gasteiger partial charge < -0.3 is 31.9 Å². The lowest BCUT2D eigenvalue weighted by Gasteiger charge is -2.28. The number of ketones is 2. The summed E-state index contributed by atoms with van der Waals surface area (Å²) in [5.41, 5.74) is 1.98. The normalized spacial score (nSPS) is 13.9. The lowest BCUT2D eigenvalue weighted by molar-refractivity contribution is -0.138. The molecule has 0 aliphatic carbocycles. The van der Waals surface area contributed by atoms with Crippen molar-refractivity contribution in [1.82, 2.24) is 31.9 Å². The highest BCUT2D eigenvalue weighted by molar-refractivity contribution is 6.40. The summed E-state index contributed by atoms with van der Waals surface area (Å²) < 4.78 is 0. The van der Waals surface area contributed by atoms with E-state index in [-0.39, 0.29) is 31.2 Å². The van der Waals surface area contributed by atoms with Crippen molar-refractivity contribution in [2.24, 2.45) is 11.8 Å². The first-order valence-corrected chi connectivity index (χ1v) is 18.4. The molecule has 0 aromatic heterocycles. The van der Waals surface area contributed by atoms with Crippen molar-refractivity contribution in [2.75, 3.05) is 13.1 Å². The Morgan fingerprint density at radius 2 is 1.15 bits per heavy atom. The average molecular weight is 735 g/mol. The van der Waals surface area contributed by atoms with Crippen LogP contribution in [0.4, 0.5) is 0 Å². The number of nitrogens with one attached hydrogen (secondary N) is 6. The molecular weight excluding hydrogens is 676 g/mol. The van der Waals surface area contributed by atoms with Crippen LogP contribution in [0.15, 0.2) is 60.7 Å². The quantitative estimate of drug-likeness (QED) is 0.0740. The topological polar surface area (TPSA) is 192 Å². The van der Waals surface area contributed by atoms with Crippen LogP contribution in [0.2, 0.25) is 0 Å². The van der Waals surface area contributed by atoms with Gasteiger partial charge in [0.15, 0.2) is 0 Å². The second-order valence-corrected chi connectivity index (χ2v) is 14.2. The second kappa shape index (κ2) is 22.9. The van der Waals surface area contributed by atoms with E-state index in [4.69, 9.17) is 0 Å². The number of aryl methyl sites for hydroxylation is 1.